The van der Waals surface area contributed by atoms with Gasteiger partial charge in [-0.3, -0.25) is 4.79 Å². The zero-order valence-electron chi connectivity index (χ0n) is 15.3. The summed E-state index contributed by atoms with van der Waals surface area (Å²) < 4.78 is 92.2. The van der Waals surface area contributed by atoms with E-state index in [1.807, 2.05) is 0 Å². The van der Waals surface area contributed by atoms with Crippen molar-refractivity contribution < 1.29 is 35.5 Å². The Morgan fingerprint density at radius 1 is 0.862 bits per heavy atom. The molecule has 2 aromatic rings. The van der Waals surface area contributed by atoms with Gasteiger partial charge in [-0.25, -0.2) is 4.39 Å². The number of nitrogens with one attached hydrogen (secondary N) is 1. The molecule has 0 aliphatic heterocycles. The molecule has 0 heterocycles. The van der Waals surface area contributed by atoms with E-state index in [4.69, 9.17) is 11.6 Å². The topological polar surface area (TPSA) is 29.1 Å². The molecule has 29 heavy (non-hydrogen) atoms. The molecule has 0 aliphatic carbocycles. The van der Waals surface area contributed by atoms with E-state index in [0.29, 0.717) is 17.7 Å². The molecule has 0 saturated heterocycles. The Morgan fingerprint density at radius 2 is 1.34 bits per heavy atom. The van der Waals surface area contributed by atoms with Crippen LogP contribution in [0.5, 0.6) is 0 Å². The van der Waals surface area contributed by atoms with Crippen LogP contribution in [0.2, 0.25) is 5.02 Å². The van der Waals surface area contributed by atoms with Gasteiger partial charge < -0.3 is 5.32 Å². The Bertz CT molecular complexity index is 914. The van der Waals surface area contributed by atoms with Crippen LogP contribution < -0.4 is 5.32 Å². The van der Waals surface area contributed by atoms with Crippen LogP contribution in [0.25, 0.3) is 0 Å². The van der Waals surface area contributed by atoms with Gasteiger partial charge in [0.25, 0.3) is 5.91 Å². The summed E-state index contributed by atoms with van der Waals surface area (Å²) in [4.78, 5) is 12.5. The molecule has 2 aromatic carbocycles. The summed E-state index contributed by atoms with van der Waals surface area (Å²) >= 11 is 6.06. The van der Waals surface area contributed by atoms with Gasteiger partial charge in [-0.2, -0.15) is 26.3 Å². The largest absolute Gasteiger partial charge is 0.435 e. The smallest absolute Gasteiger partial charge is 0.321 e. The molecule has 0 aromatic heterocycles. The van der Waals surface area contributed by atoms with Crippen molar-refractivity contribution in [2.24, 2.45) is 0 Å². The molecule has 158 valence electrons. The van der Waals surface area contributed by atoms with Gasteiger partial charge in [-0.05, 0) is 43.5 Å². The Morgan fingerprint density at radius 3 is 1.79 bits per heavy atom. The SMILES string of the molecule is Cc1cccc(C(=O)Nc2c(C)cc(C(F)(C(F)(F)F)C(F)(F)F)cc2C)c1Cl. The highest BCUT2D eigenvalue weighted by Gasteiger charge is 2.73. The quantitative estimate of drug-likeness (QED) is 0.521. The third-order valence-corrected chi connectivity index (χ3v) is 4.89. The lowest BCUT2D eigenvalue weighted by molar-refractivity contribution is -0.348. The minimum Gasteiger partial charge on any atom is -0.321 e. The standard InChI is InChI=1S/C19H15ClF7NO/c1-9-5-4-6-13(14(9)20)16(29)28-15-10(2)7-12(8-11(15)3)17(21,18(22,23)24)19(25,26)27/h4-8H,1-3H3,(H,28,29). The number of carbonyl (C=O) groups excluding carboxylic acids is 1. The van der Waals surface area contributed by atoms with Gasteiger partial charge >= 0.3 is 18.0 Å². The van der Waals surface area contributed by atoms with E-state index in [2.05, 4.69) is 5.32 Å². The van der Waals surface area contributed by atoms with Crippen LogP contribution in [0.3, 0.4) is 0 Å². The molecule has 0 fully saturated rings. The van der Waals surface area contributed by atoms with Crippen LogP contribution >= 0.6 is 11.6 Å². The number of halogens is 8. The number of hydrogen-bond donors (Lipinski definition) is 1. The number of carbonyl (C=O) groups is 1. The average Bonchev–Trinajstić information content (AvgIpc) is 2.57. The van der Waals surface area contributed by atoms with E-state index in [1.165, 1.54) is 6.07 Å². The molecule has 10 heteroatoms. The molecular weight excluding hydrogens is 427 g/mol. The van der Waals surface area contributed by atoms with Gasteiger partial charge in [0, 0.05) is 11.3 Å². The minimum absolute atomic E-state index is 0.0389. The van der Waals surface area contributed by atoms with Crippen molar-refractivity contribution in [2.45, 2.75) is 38.8 Å². The van der Waals surface area contributed by atoms with E-state index in [9.17, 15) is 35.5 Å². The Hall–Kier alpha value is -2.29. The highest BCUT2D eigenvalue weighted by molar-refractivity contribution is 6.35. The predicted molar refractivity (Wildman–Crippen MR) is 95.0 cm³/mol. The first-order valence-electron chi connectivity index (χ1n) is 8.11. The van der Waals surface area contributed by atoms with E-state index in [1.54, 1.807) is 19.1 Å². The van der Waals surface area contributed by atoms with Gasteiger partial charge in [0.1, 0.15) is 0 Å². The maximum absolute atomic E-state index is 14.3. The van der Waals surface area contributed by atoms with E-state index < -0.39 is 29.5 Å². The van der Waals surface area contributed by atoms with Gasteiger partial charge in [-0.1, -0.05) is 35.9 Å². The van der Waals surface area contributed by atoms with Crippen LogP contribution in [-0.4, -0.2) is 18.3 Å². The molecule has 0 radical (unpaired) electrons. The second-order valence-electron chi connectivity index (χ2n) is 6.53. The van der Waals surface area contributed by atoms with Crippen LogP contribution in [0.1, 0.15) is 32.6 Å². The third-order valence-electron chi connectivity index (χ3n) is 4.39. The maximum atomic E-state index is 14.3. The molecule has 0 saturated carbocycles. The normalized spacial score (nSPS) is 12.8. The molecule has 0 atom stereocenters. The number of amides is 1. The Kier molecular flexibility index (Phi) is 5.96. The summed E-state index contributed by atoms with van der Waals surface area (Å²) in [5.41, 5.74) is -6.87. The summed E-state index contributed by atoms with van der Waals surface area (Å²) in [6, 6.07) is 5.45. The van der Waals surface area contributed by atoms with Crippen molar-refractivity contribution in [1.29, 1.82) is 0 Å². The minimum atomic E-state index is -6.22. The number of alkyl halides is 7. The highest BCUT2D eigenvalue weighted by Crippen LogP contribution is 2.53. The summed E-state index contributed by atoms with van der Waals surface area (Å²) in [5.74, 6) is -0.712. The van der Waals surface area contributed by atoms with Crippen LogP contribution in [0.4, 0.5) is 36.4 Å². The summed E-state index contributed by atoms with van der Waals surface area (Å²) in [5, 5.41) is 2.56. The number of benzene rings is 2. The number of anilines is 1. The van der Waals surface area contributed by atoms with Gasteiger partial charge in [-0.15, -0.1) is 0 Å². The van der Waals surface area contributed by atoms with Crippen molar-refractivity contribution in [3.8, 4) is 0 Å². The van der Waals surface area contributed by atoms with Crippen molar-refractivity contribution in [3.05, 3.63) is 63.2 Å². The first-order valence-corrected chi connectivity index (χ1v) is 8.49. The third kappa shape index (κ3) is 4.05. The summed E-state index contributed by atoms with van der Waals surface area (Å²) in [6.07, 6.45) is -12.4. The molecule has 1 amide bonds. The van der Waals surface area contributed by atoms with Crippen LogP contribution in [0, 0.1) is 20.8 Å². The fourth-order valence-electron chi connectivity index (χ4n) is 2.85. The molecule has 0 spiro atoms. The first kappa shape index (κ1) is 23.0. The monoisotopic (exact) mass is 441 g/mol. The number of aryl methyl sites for hydroxylation is 3. The summed E-state index contributed by atoms with van der Waals surface area (Å²) in [7, 11) is 0. The van der Waals surface area contributed by atoms with Crippen LogP contribution in [-0.2, 0) is 5.67 Å². The second-order valence-corrected chi connectivity index (χ2v) is 6.91. The highest BCUT2D eigenvalue weighted by atomic mass is 35.5. The molecule has 0 unspecified atom stereocenters. The van der Waals surface area contributed by atoms with Crippen LogP contribution in [0.15, 0.2) is 30.3 Å². The molecule has 0 bridgehead atoms. The van der Waals surface area contributed by atoms with E-state index in [0.717, 1.165) is 13.8 Å². The second kappa shape index (κ2) is 7.51. The lowest BCUT2D eigenvalue weighted by Crippen LogP contribution is -2.50. The predicted octanol–water partition coefficient (Wildman–Crippen LogP) is 6.81. The lowest BCUT2D eigenvalue weighted by atomic mass is 9.90. The van der Waals surface area contributed by atoms with Crippen molar-refractivity contribution >= 4 is 23.2 Å². The van der Waals surface area contributed by atoms with Crippen molar-refractivity contribution in [2.75, 3.05) is 5.32 Å². The maximum Gasteiger partial charge on any atom is 0.435 e. The van der Waals surface area contributed by atoms with Gasteiger partial charge in [0.05, 0.1) is 10.6 Å². The van der Waals surface area contributed by atoms with Crippen molar-refractivity contribution in [1.82, 2.24) is 0 Å². The van der Waals surface area contributed by atoms with Gasteiger partial charge in [0.2, 0.25) is 0 Å². The summed E-state index contributed by atoms with van der Waals surface area (Å²) in [6.45, 7) is 3.98. The van der Waals surface area contributed by atoms with E-state index in [-0.39, 0.29) is 27.4 Å². The van der Waals surface area contributed by atoms with Crippen molar-refractivity contribution in [3.63, 3.8) is 0 Å². The Labute approximate surface area is 166 Å². The fraction of sp³-hybridized carbons (Fsp3) is 0.316. The average molecular weight is 442 g/mol. The Balaban J connectivity index is 2.52. The lowest BCUT2D eigenvalue weighted by Gasteiger charge is -2.31. The molecule has 0 aliphatic rings. The van der Waals surface area contributed by atoms with E-state index >= 15 is 0 Å². The first-order chi connectivity index (χ1) is 13.1. The van der Waals surface area contributed by atoms with Gasteiger partial charge in [0.15, 0.2) is 0 Å². The molecule has 2 nitrogen and oxygen atoms in total. The molecule has 2 rings (SSSR count). The number of hydrogen-bond acceptors (Lipinski definition) is 1. The number of rotatable bonds is 3. The molecular formula is C19H15ClF7NO. The zero-order chi connectivity index (χ0) is 22.4. The fourth-order valence-corrected chi connectivity index (χ4v) is 3.06. The molecule has 1 N–H and O–H groups in total. The zero-order valence-corrected chi connectivity index (χ0v) is 16.1.